The van der Waals surface area contributed by atoms with Gasteiger partial charge < -0.3 is 24.7 Å². The Labute approximate surface area is 199 Å². The molecule has 4 aromatic rings. The SMILES string of the molecule is Cn1c(CNC(=O)c2ccc3c(c2)OCO3)nnc1SCC(=O)Nc1cccc2ccccc12. The molecular formula is C24H21N5O4S. The number of aromatic nitrogens is 3. The molecule has 0 saturated heterocycles. The fraction of sp³-hybridized carbons (Fsp3) is 0.167. The fourth-order valence-corrected chi connectivity index (χ4v) is 4.30. The van der Waals surface area contributed by atoms with Crippen molar-refractivity contribution in [1.29, 1.82) is 0 Å². The van der Waals surface area contributed by atoms with E-state index in [9.17, 15) is 9.59 Å². The number of benzene rings is 3. The van der Waals surface area contributed by atoms with Crippen molar-refractivity contribution in [3.05, 3.63) is 72.1 Å². The molecule has 0 aliphatic carbocycles. The number of ether oxygens (including phenoxy) is 2. The van der Waals surface area contributed by atoms with Gasteiger partial charge in [-0.2, -0.15) is 0 Å². The van der Waals surface area contributed by atoms with E-state index in [1.807, 2.05) is 42.5 Å². The minimum absolute atomic E-state index is 0.137. The molecule has 2 N–H and O–H groups in total. The highest BCUT2D eigenvalue weighted by molar-refractivity contribution is 7.99. The monoisotopic (exact) mass is 475 g/mol. The zero-order valence-corrected chi connectivity index (χ0v) is 19.1. The van der Waals surface area contributed by atoms with E-state index in [2.05, 4.69) is 20.8 Å². The van der Waals surface area contributed by atoms with E-state index in [1.165, 1.54) is 11.8 Å². The zero-order valence-electron chi connectivity index (χ0n) is 18.3. The maximum absolute atomic E-state index is 12.5. The molecule has 0 saturated carbocycles. The number of rotatable bonds is 7. The van der Waals surface area contributed by atoms with Crippen molar-refractivity contribution in [3.8, 4) is 11.5 Å². The fourth-order valence-electron chi connectivity index (χ4n) is 3.57. The van der Waals surface area contributed by atoms with Crippen LogP contribution in [0.1, 0.15) is 16.2 Å². The van der Waals surface area contributed by atoms with Gasteiger partial charge in [0.1, 0.15) is 0 Å². The molecule has 0 atom stereocenters. The molecule has 1 aliphatic rings. The van der Waals surface area contributed by atoms with Crippen LogP contribution in [0.4, 0.5) is 5.69 Å². The first kappa shape index (κ1) is 21.8. The van der Waals surface area contributed by atoms with Gasteiger partial charge in [0.05, 0.1) is 12.3 Å². The van der Waals surface area contributed by atoms with Gasteiger partial charge in [-0.25, -0.2) is 0 Å². The highest BCUT2D eigenvalue weighted by Gasteiger charge is 2.17. The summed E-state index contributed by atoms with van der Waals surface area (Å²) in [6, 6.07) is 18.7. The van der Waals surface area contributed by atoms with E-state index in [4.69, 9.17) is 9.47 Å². The topological polar surface area (TPSA) is 107 Å². The summed E-state index contributed by atoms with van der Waals surface area (Å²) in [7, 11) is 1.80. The van der Waals surface area contributed by atoms with Crippen LogP contribution in [0.2, 0.25) is 0 Å². The molecule has 3 aromatic carbocycles. The molecule has 0 fully saturated rings. The van der Waals surface area contributed by atoms with Crippen LogP contribution in [0.25, 0.3) is 10.8 Å². The van der Waals surface area contributed by atoms with E-state index in [1.54, 1.807) is 29.8 Å². The van der Waals surface area contributed by atoms with E-state index in [-0.39, 0.29) is 30.9 Å². The Morgan fingerprint density at radius 1 is 1.03 bits per heavy atom. The Bertz CT molecular complexity index is 1380. The first-order valence-electron chi connectivity index (χ1n) is 10.5. The number of nitrogens with one attached hydrogen (secondary N) is 2. The standard InChI is InChI=1S/C24H21N5O4S/c1-29-21(12-25-23(31)16-9-10-19-20(11-16)33-14-32-19)27-28-24(29)34-13-22(30)26-18-8-4-6-15-5-2-3-7-17(15)18/h2-11H,12-14H2,1H3,(H,25,31)(H,26,30). The molecule has 10 heteroatoms. The number of hydrogen-bond acceptors (Lipinski definition) is 7. The van der Waals surface area contributed by atoms with Crippen molar-refractivity contribution in [2.45, 2.75) is 11.7 Å². The lowest BCUT2D eigenvalue weighted by Gasteiger charge is -2.09. The Kier molecular flexibility index (Phi) is 6.05. The Hall–Kier alpha value is -4.05. The maximum atomic E-state index is 12.5. The number of thioether (sulfide) groups is 1. The number of nitrogens with zero attached hydrogens (tertiary/aromatic N) is 3. The largest absolute Gasteiger partial charge is 0.454 e. The van der Waals surface area contributed by atoms with Gasteiger partial charge in [0.15, 0.2) is 22.5 Å². The van der Waals surface area contributed by atoms with Crippen molar-refractivity contribution in [1.82, 2.24) is 20.1 Å². The summed E-state index contributed by atoms with van der Waals surface area (Å²) in [6.45, 7) is 0.347. The van der Waals surface area contributed by atoms with Crippen LogP contribution < -0.4 is 20.1 Å². The average Bonchev–Trinajstić information content (AvgIpc) is 3.47. The summed E-state index contributed by atoms with van der Waals surface area (Å²) in [5.41, 5.74) is 1.24. The predicted octanol–water partition coefficient (Wildman–Crippen LogP) is 3.36. The summed E-state index contributed by atoms with van der Waals surface area (Å²) in [5.74, 6) is 1.53. The summed E-state index contributed by atoms with van der Waals surface area (Å²) >= 11 is 1.28. The lowest BCUT2D eigenvalue weighted by molar-refractivity contribution is -0.113. The van der Waals surface area contributed by atoms with Gasteiger partial charge in [-0.05, 0) is 29.7 Å². The molecule has 2 heterocycles. The Morgan fingerprint density at radius 3 is 2.76 bits per heavy atom. The number of carbonyl (C=O) groups is 2. The third-order valence-electron chi connectivity index (χ3n) is 5.36. The van der Waals surface area contributed by atoms with Crippen LogP contribution in [0.3, 0.4) is 0 Å². The van der Waals surface area contributed by atoms with Crippen LogP contribution >= 0.6 is 11.8 Å². The van der Waals surface area contributed by atoms with Crippen LogP contribution in [0.5, 0.6) is 11.5 Å². The summed E-state index contributed by atoms with van der Waals surface area (Å²) in [6.07, 6.45) is 0. The number of amides is 2. The second-order valence-electron chi connectivity index (χ2n) is 7.57. The molecular weight excluding hydrogens is 454 g/mol. The molecule has 0 bridgehead atoms. The molecule has 1 aromatic heterocycles. The van der Waals surface area contributed by atoms with E-state index in [0.29, 0.717) is 28.0 Å². The van der Waals surface area contributed by atoms with Crippen molar-refractivity contribution in [2.75, 3.05) is 17.9 Å². The second-order valence-corrected chi connectivity index (χ2v) is 8.51. The van der Waals surface area contributed by atoms with Gasteiger partial charge in [0.2, 0.25) is 12.7 Å². The van der Waals surface area contributed by atoms with Gasteiger partial charge >= 0.3 is 0 Å². The van der Waals surface area contributed by atoms with Gasteiger partial charge in [-0.3, -0.25) is 9.59 Å². The highest BCUT2D eigenvalue weighted by Crippen LogP contribution is 2.32. The molecule has 0 radical (unpaired) electrons. The third kappa shape index (κ3) is 4.53. The molecule has 0 unspecified atom stereocenters. The van der Waals surface area contributed by atoms with E-state index < -0.39 is 0 Å². The molecule has 9 nitrogen and oxygen atoms in total. The second kappa shape index (κ2) is 9.44. The molecule has 2 amide bonds. The minimum atomic E-state index is -0.259. The van der Waals surface area contributed by atoms with Crippen LogP contribution in [-0.4, -0.2) is 39.1 Å². The lowest BCUT2D eigenvalue weighted by Crippen LogP contribution is -2.24. The van der Waals surface area contributed by atoms with Crippen LogP contribution in [0.15, 0.2) is 65.8 Å². The lowest BCUT2D eigenvalue weighted by atomic mass is 10.1. The summed E-state index contributed by atoms with van der Waals surface area (Å²) in [4.78, 5) is 25.0. The smallest absolute Gasteiger partial charge is 0.251 e. The quantitative estimate of drug-likeness (QED) is 0.395. The number of anilines is 1. The minimum Gasteiger partial charge on any atom is -0.454 e. The Balaban J connectivity index is 1.16. The summed E-state index contributed by atoms with van der Waals surface area (Å²) < 4.78 is 12.3. The first-order chi connectivity index (χ1) is 16.6. The highest BCUT2D eigenvalue weighted by atomic mass is 32.2. The summed E-state index contributed by atoms with van der Waals surface area (Å²) in [5, 5.41) is 16.7. The number of fused-ring (bicyclic) bond motifs is 2. The average molecular weight is 476 g/mol. The molecule has 0 spiro atoms. The van der Waals surface area contributed by atoms with Crippen molar-refractivity contribution >= 4 is 40.0 Å². The molecule has 5 rings (SSSR count). The molecule has 172 valence electrons. The molecule has 34 heavy (non-hydrogen) atoms. The number of carbonyl (C=O) groups excluding carboxylic acids is 2. The van der Waals surface area contributed by atoms with Crippen molar-refractivity contribution < 1.29 is 19.1 Å². The van der Waals surface area contributed by atoms with Gasteiger partial charge in [0, 0.05) is 23.7 Å². The van der Waals surface area contributed by atoms with Crippen molar-refractivity contribution in [2.24, 2.45) is 7.05 Å². The Morgan fingerprint density at radius 2 is 1.85 bits per heavy atom. The van der Waals surface area contributed by atoms with Gasteiger partial charge in [-0.1, -0.05) is 48.2 Å². The van der Waals surface area contributed by atoms with Gasteiger partial charge in [-0.15, -0.1) is 10.2 Å². The van der Waals surface area contributed by atoms with Crippen LogP contribution in [-0.2, 0) is 18.4 Å². The van der Waals surface area contributed by atoms with E-state index >= 15 is 0 Å². The van der Waals surface area contributed by atoms with E-state index in [0.717, 1.165) is 16.5 Å². The zero-order chi connectivity index (χ0) is 23.5. The number of hydrogen-bond donors (Lipinski definition) is 2. The van der Waals surface area contributed by atoms with Crippen LogP contribution in [0, 0.1) is 0 Å². The normalized spacial score (nSPS) is 12.0. The maximum Gasteiger partial charge on any atom is 0.251 e. The predicted molar refractivity (Wildman–Crippen MR) is 128 cm³/mol. The van der Waals surface area contributed by atoms with Crippen molar-refractivity contribution in [3.63, 3.8) is 0 Å². The van der Waals surface area contributed by atoms with Gasteiger partial charge in [0.25, 0.3) is 5.91 Å². The molecule has 1 aliphatic heterocycles. The third-order valence-corrected chi connectivity index (χ3v) is 6.38. The first-order valence-corrected chi connectivity index (χ1v) is 11.5.